The Labute approximate surface area is 175 Å². The number of ether oxygens (including phenoxy) is 1. The van der Waals surface area contributed by atoms with Crippen molar-refractivity contribution in [2.24, 2.45) is 4.99 Å². The number of anilines is 1. The number of carbonyl (C=O) groups is 1. The lowest BCUT2D eigenvalue weighted by Gasteiger charge is -2.08. The molecule has 0 unspecified atom stereocenters. The van der Waals surface area contributed by atoms with Gasteiger partial charge in [-0.3, -0.25) is 19.1 Å². The highest BCUT2D eigenvalue weighted by atomic mass is 35.5. The number of rotatable bonds is 5. The van der Waals surface area contributed by atoms with Crippen LogP contribution in [0.4, 0.5) is 5.69 Å². The van der Waals surface area contributed by atoms with Gasteiger partial charge in [-0.25, -0.2) is 0 Å². The molecule has 29 heavy (non-hydrogen) atoms. The number of hydrogen-bond donors (Lipinski definition) is 1. The van der Waals surface area contributed by atoms with Gasteiger partial charge in [-0.15, -0.1) is 0 Å². The summed E-state index contributed by atoms with van der Waals surface area (Å²) in [5, 5.41) is 3.28. The third kappa shape index (κ3) is 4.75. The zero-order chi connectivity index (χ0) is 20.2. The van der Waals surface area contributed by atoms with Crippen molar-refractivity contribution in [2.75, 3.05) is 18.5 Å². The van der Waals surface area contributed by atoms with E-state index in [0.717, 1.165) is 29.9 Å². The Kier molecular flexibility index (Phi) is 5.78. The van der Waals surface area contributed by atoms with Crippen LogP contribution in [-0.2, 0) is 11.3 Å². The lowest BCUT2D eigenvalue weighted by Crippen LogP contribution is -2.33. The third-order valence-corrected chi connectivity index (χ3v) is 5.61. The van der Waals surface area contributed by atoms with Gasteiger partial charge >= 0.3 is 0 Å². The number of benzene rings is 2. The van der Waals surface area contributed by atoms with Crippen molar-refractivity contribution >= 4 is 40.6 Å². The van der Waals surface area contributed by atoms with Gasteiger partial charge in [0.2, 0.25) is 0 Å². The van der Waals surface area contributed by atoms with Gasteiger partial charge < -0.3 is 10.1 Å². The highest BCUT2D eigenvalue weighted by Gasteiger charge is 2.09. The Morgan fingerprint density at radius 2 is 2.10 bits per heavy atom. The Hall–Kier alpha value is -2.90. The van der Waals surface area contributed by atoms with Crippen LogP contribution in [0.25, 0.3) is 6.08 Å². The third-order valence-electron chi connectivity index (χ3n) is 4.33. The molecule has 1 aliphatic heterocycles. The van der Waals surface area contributed by atoms with Crippen molar-refractivity contribution in [3.05, 3.63) is 78.8 Å². The van der Waals surface area contributed by atoms with Crippen molar-refractivity contribution in [1.82, 2.24) is 4.57 Å². The van der Waals surface area contributed by atoms with Crippen LogP contribution in [0, 0.1) is 0 Å². The quantitative estimate of drug-likeness (QED) is 0.679. The molecular weight excluding hydrogens is 410 g/mol. The van der Waals surface area contributed by atoms with E-state index in [4.69, 9.17) is 16.3 Å². The average Bonchev–Trinajstić information content (AvgIpc) is 3.03. The van der Waals surface area contributed by atoms with E-state index in [-0.39, 0.29) is 18.1 Å². The number of nitrogens with one attached hydrogen (secondary N) is 1. The second-order valence-electron chi connectivity index (χ2n) is 6.50. The first-order chi connectivity index (χ1) is 14.1. The van der Waals surface area contributed by atoms with Crippen molar-refractivity contribution < 1.29 is 9.53 Å². The molecule has 4 rings (SSSR count). The Morgan fingerprint density at radius 1 is 1.28 bits per heavy atom. The first kappa shape index (κ1) is 19.4. The molecule has 148 valence electrons. The SMILES string of the molecule is O=C(COc1ccc(/C=c2/sc3n(c2=O)CCCN=3)cc1)Nc1cccc(Cl)c1. The molecule has 0 bridgehead atoms. The van der Waals surface area contributed by atoms with Gasteiger partial charge in [0.15, 0.2) is 11.4 Å². The lowest BCUT2D eigenvalue weighted by molar-refractivity contribution is -0.118. The van der Waals surface area contributed by atoms with Crippen LogP contribution in [0.5, 0.6) is 5.75 Å². The number of fused-ring (bicyclic) bond motifs is 1. The fraction of sp³-hybridized carbons (Fsp3) is 0.190. The molecule has 8 heteroatoms. The summed E-state index contributed by atoms with van der Waals surface area (Å²) in [7, 11) is 0. The van der Waals surface area contributed by atoms with Crippen LogP contribution in [0.3, 0.4) is 0 Å². The van der Waals surface area contributed by atoms with Crippen LogP contribution >= 0.6 is 22.9 Å². The summed E-state index contributed by atoms with van der Waals surface area (Å²) in [4.78, 5) is 29.6. The van der Waals surface area contributed by atoms with Crippen LogP contribution < -0.4 is 24.9 Å². The summed E-state index contributed by atoms with van der Waals surface area (Å²) in [5.74, 6) is 0.296. The summed E-state index contributed by atoms with van der Waals surface area (Å²) in [6.07, 6.45) is 2.75. The fourth-order valence-electron chi connectivity index (χ4n) is 2.95. The lowest BCUT2D eigenvalue weighted by atomic mass is 10.2. The molecule has 0 spiro atoms. The molecule has 0 saturated heterocycles. The highest BCUT2D eigenvalue weighted by Crippen LogP contribution is 2.15. The zero-order valence-corrected chi connectivity index (χ0v) is 17.0. The largest absolute Gasteiger partial charge is 0.484 e. The normalized spacial score (nSPS) is 13.5. The summed E-state index contributed by atoms with van der Waals surface area (Å²) >= 11 is 7.31. The van der Waals surface area contributed by atoms with Gasteiger partial charge in [-0.1, -0.05) is 41.1 Å². The molecule has 0 fully saturated rings. The van der Waals surface area contributed by atoms with E-state index in [2.05, 4.69) is 10.3 Å². The number of carbonyl (C=O) groups excluding carboxylic acids is 1. The van der Waals surface area contributed by atoms with Gasteiger partial charge in [0, 0.05) is 23.8 Å². The maximum atomic E-state index is 12.4. The van der Waals surface area contributed by atoms with Gasteiger partial charge in [0.25, 0.3) is 11.5 Å². The van der Waals surface area contributed by atoms with E-state index in [1.54, 1.807) is 41.0 Å². The first-order valence-corrected chi connectivity index (χ1v) is 10.3. The van der Waals surface area contributed by atoms with Crippen LogP contribution in [0.2, 0.25) is 5.02 Å². The standard InChI is InChI=1S/C21H18ClN3O3S/c22-15-3-1-4-16(12-15)24-19(26)13-28-17-7-5-14(6-8-17)11-18-20(27)25-10-2-9-23-21(25)29-18/h1,3-8,11-12H,2,9-10,13H2,(H,24,26)/b18-11+. The van der Waals surface area contributed by atoms with E-state index in [1.807, 2.05) is 18.2 Å². The predicted octanol–water partition coefficient (Wildman–Crippen LogP) is 2.43. The Morgan fingerprint density at radius 3 is 2.86 bits per heavy atom. The molecule has 2 heterocycles. The number of thiazole rings is 1. The van der Waals surface area contributed by atoms with Crippen LogP contribution in [0.1, 0.15) is 12.0 Å². The zero-order valence-electron chi connectivity index (χ0n) is 15.4. The Bertz CT molecular complexity index is 1220. The van der Waals surface area contributed by atoms with E-state index >= 15 is 0 Å². The molecule has 0 atom stereocenters. The minimum Gasteiger partial charge on any atom is -0.484 e. The van der Waals surface area contributed by atoms with E-state index < -0.39 is 0 Å². The molecule has 0 aliphatic carbocycles. The smallest absolute Gasteiger partial charge is 0.270 e. The minimum atomic E-state index is -0.274. The number of nitrogens with zero attached hydrogens (tertiary/aromatic N) is 2. The number of hydrogen-bond acceptors (Lipinski definition) is 5. The predicted molar refractivity (Wildman–Crippen MR) is 114 cm³/mol. The molecule has 6 nitrogen and oxygen atoms in total. The average molecular weight is 428 g/mol. The van der Waals surface area contributed by atoms with Crippen LogP contribution in [-0.4, -0.2) is 23.6 Å². The van der Waals surface area contributed by atoms with Crippen molar-refractivity contribution in [1.29, 1.82) is 0 Å². The molecule has 1 aromatic heterocycles. The molecule has 2 aromatic carbocycles. The number of halogens is 1. The first-order valence-electron chi connectivity index (χ1n) is 9.13. The molecule has 1 aliphatic rings. The van der Waals surface area contributed by atoms with E-state index in [9.17, 15) is 9.59 Å². The molecule has 1 N–H and O–H groups in total. The Balaban J connectivity index is 1.40. The number of aromatic nitrogens is 1. The van der Waals surface area contributed by atoms with Crippen molar-refractivity contribution in [3.8, 4) is 5.75 Å². The minimum absolute atomic E-state index is 0.00598. The monoisotopic (exact) mass is 427 g/mol. The molecule has 0 saturated carbocycles. The number of amides is 1. The van der Waals surface area contributed by atoms with E-state index in [0.29, 0.717) is 21.0 Å². The topological polar surface area (TPSA) is 72.7 Å². The summed E-state index contributed by atoms with van der Waals surface area (Å²) < 4.78 is 7.93. The molecule has 1 amide bonds. The van der Waals surface area contributed by atoms with Gasteiger partial charge in [-0.05, 0) is 48.4 Å². The molecule has 0 radical (unpaired) electrons. The van der Waals surface area contributed by atoms with E-state index in [1.165, 1.54) is 11.3 Å². The summed E-state index contributed by atoms with van der Waals surface area (Å²) in [6.45, 7) is 1.39. The van der Waals surface area contributed by atoms with Crippen LogP contribution in [0.15, 0.2) is 58.3 Å². The highest BCUT2D eigenvalue weighted by molar-refractivity contribution is 7.07. The second-order valence-corrected chi connectivity index (χ2v) is 7.95. The van der Waals surface area contributed by atoms with Crippen molar-refractivity contribution in [2.45, 2.75) is 13.0 Å². The summed E-state index contributed by atoms with van der Waals surface area (Å²) in [5.41, 5.74) is 1.51. The van der Waals surface area contributed by atoms with Gasteiger partial charge in [0.1, 0.15) is 5.75 Å². The van der Waals surface area contributed by atoms with Crippen molar-refractivity contribution in [3.63, 3.8) is 0 Å². The van der Waals surface area contributed by atoms with Gasteiger partial charge in [-0.2, -0.15) is 0 Å². The fourth-order valence-corrected chi connectivity index (χ4v) is 4.17. The maximum Gasteiger partial charge on any atom is 0.270 e. The maximum absolute atomic E-state index is 12.4. The molecular formula is C21H18ClN3O3S. The second kappa shape index (κ2) is 8.63. The summed E-state index contributed by atoms with van der Waals surface area (Å²) in [6, 6.07) is 14.2. The molecule has 3 aromatic rings. The van der Waals surface area contributed by atoms with Gasteiger partial charge in [0.05, 0.1) is 4.53 Å².